The normalized spacial score (nSPS) is 50.0. The fraction of sp³-hybridized carbons (Fsp3) is 0.806. The van der Waals surface area contributed by atoms with Crippen molar-refractivity contribution in [3.05, 3.63) is 29.2 Å². The third-order valence-electron chi connectivity index (χ3n) is 13.4. The molecule has 0 radical (unpaired) electrons. The minimum absolute atomic E-state index is 0.0105. The van der Waals surface area contributed by atoms with E-state index in [-0.39, 0.29) is 27.6 Å². The number of carboxylic acids is 1. The van der Waals surface area contributed by atoms with E-state index < -0.39 is 11.4 Å². The Morgan fingerprint density at radius 1 is 1.03 bits per heavy atom. The summed E-state index contributed by atoms with van der Waals surface area (Å²) in [6.07, 6.45) is 12.8. The highest BCUT2D eigenvalue weighted by molar-refractivity contribution is 5.76. The highest BCUT2D eigenvalue weighted by Gasteiger charge is 2.69. The van der Waals surface area contributed by atoms with Crippen LogP contribution in [0.4, 0.5) is 0 Å². The number of nitrogens with zero attached hydrogens (tertiary/aromatic N) is 1. The average Bonchev–Trinajstić information content (AvgIpc) is 3.25. The minimum Gasteiger partial charge on any atom is -0.481 e. The Balaban J connectivity index is 1.48. The zero-order chi connectivity index (χ0) is 25.2. The lowest BCUT2D eigenvalue weighted by Gasteiger charge is -2.70. The van der Waals surface area contributed by atoms with Crippen molar-refractivity contribution in [2.24, 2.45) is 51.2 Å². The van der Waals surface area contributed by atoms with Crippen LogP contribution in [-0.2, 0) is 16.6 Å². The number of aliphatic carboxylic acids is 1. The summed E-state index contributed by atoms with van der Waals surface area (Å²) < 4.78 is 5.83. The molecule has 1 N–H and O–H groups in total. The second kappa shape index (κ2) is 7.04. The smallest absolute Gasteiger partial charge is 0.310 e. The van der Waals surface area contributed by atoms with E-state index in [0.29, 0.717) is 23.7 Å². The van der Waals surface area contributed by atoms with Gasteiger partial charge >= 0.3 is 5.97 Å². The third-order valence-corrected chi connectivity index (χ3v) is 13.4. The van der Waals surface area contributed by atoms with Gasteiger partial charge in [-0.2, -0.15) is 0 Å². The summed E-state index contributed by atoms with van der Waals surface area (Å²) in [5, 5.41) is 14.8. The molecule has 2 unspecified atom stereocenters. The Kier molecular flexibility index (Phi) is 4.79. The maximum Gasteiger partial charge on any atom is 0.310 e. The molecule has 192 valence electrons. The second-order valence-corrected chi connectivity index (χ2v) is 14.7. The molecule has 1 aromatic heterocycles. The van der Waals surface area contributed by atoms with Gasteiger partial charge in [-0.15, -0.1) is 0 Å². The summed E-state index contributed by atoms with van der Waals surface area (Å²) in [5.74, 6) is 2.91. The summed E-state index contributed by atoms with van der Waals surface area (Å²) >= 11 is 0. The zero-order valence-electron chi connectivity index (χ0n) is 22.9. The molecular weight excluding hydrogens is 434 g/mol. The van der Waals surface area contributed by atoms with Crippen LogP contribution in [0, 0.1) is 51.2 Å². The molecule has 5 aliphatic rings. The second-order valence-electron chi connectivity index (χ2n) is 14.7. The van der Waals surface area contributed by atoms with E-state index in [9.17, 15) is 9.90 Å². The maximum absolute atomic E-state index is 12.9. The van der Waals surface area contributed by atoms with Gasteiger partial charge in [-0.05, 0) is 97.2 Å². The lowest BCUT2D eigenvalue weighted by Crippen LogP contribution is -2.65. The van der Waals surface area contributed by atoms with Crippen molar-refractivity contribution in [2.45, 2.75) is 105 Å². The van der Waals surface area contributed by atoms with E-state index >= 15 is 0 Å². The van der Waals surface area contributed by atoms with Crippen molar-refractivity contribution in [1.82, 2.24) is 5.16 Å². The molecule has 0 amide bonds. The van der Waals surface area contributed by atoms with Crippen molar-refractivity contribution in [3.63, 3.8) is 0 Å². The standard InChI is InChI=1S/C31H45NO3/c1-18-10-13-31(26(33)34)15-14-29(6)21(24(31)19(18)2)8-9-23-28(5)16-20-17-32-35-25(20)27(3,4)22(28)11-12-30(23,29)7/h8,17-19,22-24H,9-16H2,1-7H3,(H,33,34)/t18-,19+,22?,23?,24+,28+,29-,30-,31+/m1/s1. The largest absolute Gasteiger partial charge is 0.481 e. The molecule has 0 spiro atoms. The Bertz CT molecular complexity index is 1100. The molecule has 1 aromatic rings. The monoisotopic (exact) mass is 479 g/mol. The molecule has 35 heavy (non-hydrogen) atoms. The quantitative estimate of drug-likeness (QED) is 0.425. The van der Waals surface area contributed by atoms with Crippen molar-refractivity contribution in [1.29, 1.82) is 0 Å². The van der Waals surface area contributed by atoms with Crippen LogP contribution in [0.25, 0.3) is 0 Å². The summed E-state index contributed by atoms with van der Waals surface area (Å²) in [5.41, 5.74) is 2.69. The summed E-state index contributed by atoms with van der Waals surface area (Å²) in [7, 11) is 0. The van der Waals surface area contributed by atoms with Crippen molar-refractivity contribution < 1.29 is 14.4 Å². The first kappa shape index (κ1) is 23.8. The summed E-state index contributed by atoms with van der Waals surface area (Å²) in [6, 6.07) is 0. The number of fused-ring (bicyclic) bond motifs is 8. The molecule has 4 nitrogen and oxygen atoms in total. The molecule has 0 bridgehead atoms. The predicted molar refractivity (Wildman–Crippen MR) is 137 cm³/mol. The Labute approximate surface area is 211 Å². The fourth-order valence-corrected chi connectivity index (χ4v) is 11.1. The van der Waals surface area contributed by atoms with Crippen molar-refractivity contribution in [2.75, 3.05) is 0 Å². The van der Waals surface area contributed by atoms with Gasteiger partial charge in [0.05, 0.1) is 11.6 Å². The average molecular weight is 480 g/mol. The lowest BCUT2D eigenvalue weighted by molar-refractivity contribution is -0.179. The van der Waals surface area contributed by atoms with E-state index in [2.05, 4.69) is 59.7 Å². The molecule has 5 aliphatic carbocycles. The van der Waals surface area contributed by atoms with E-state index in [1.54, 1.807) is 0 Å². The van der Waals surface area contributed by atoms with E-state index in [4.69, 9.17) is 4.52 Å². The molecule has 9 atom stereocenters. The molecule has 0 aromatic carbocycles. The van der Waals surface area contributed by atoms with Crippen molar-refractivity contribution in [3.8, 4) is 0 Å². The number of carboxylic acid groups (broad SMARTS) is 1. The number of allylic oxidation sites excluding steroid dienone is 2. The lowest BCUT2D eigenvalue weighted by atomic mass is 9.33. The van der Waals surface area contributed by atoms with Gasteiger partial charge in [-0.1, -0.05) is 65.3 Å². The molecule has 1 heterocycles. The highest BCUT2D eigenvalue weighted by Crippen LogP contribution is 2.75. The third kappa shape index (κ3) is 2.65. The fourth-order valence-electron chi connectivity index (χ4n) is 11.1. The molecule has 0 aliphatic heterocycles. The Morgan fingerprint density at radius 2 is 1.77 bits per heavy atom. The minimum atomic E-state index is -0.564. The van der Waals surface area contributed by atoms with E-state index in [0.717, 1.165) is 44.3 Å². The number of rotatable bonds is 1. The van der Waals surface area contributed by atoms with E-state index in [1.165, 1.54) is 24.0 Å². The van der Waals surface area contributed by atoms with Crippen LogP contribution in [-0.4, -0.2) is 16.2 Å². The molecule has 4 heteroatoms. The maximum atomic E-state index is 12.9. The van der Waals surface area contributed by atoms with Gasteiger partial charge in [0.1, 0.15) is 5.76 Å². The zero-order valence-corrected chi connectivity index (χ0v) is 22.9. The van der Waals surface area contributed by atoms with Crippen LogP contribution in [0.15, 0.2) is 22.4 Å². The molecule has 0 saturated heterocycles. The van der Waals surface area contributed by atoms with Crippen LogP contribution in [0.5, 0.6) is 0 Å². The van der Waals surface area contributed by atoms with E-state index in [1.807, 2.05) is 6.20 Å². The molecular formula is C31H45NO3. The van der Waals surface area contributed by atoms with Crippen LogP contribution in [0.2, 0.25) is 0 Å². The van der Waals surface area contributed by atoms with Crippen LogP contribution >= 0.6 is 0 Å². The van der Waals surface area contributed by atoms with Gasteiger partial charge in [0.15, 0.2) is 0 Å². The number of aromatic nitrogens is 1. The number of hydrogen-bond donors (Lipinski definition) is 1. The van der Waals surface area contributed by atoms with Gasteiger partial charge in [-0.25, -0.2) is 0 Å². The molecule has 3 saturated carbocycles. The topological polar surface area (TPSA) is 63.3 Å². The van der Waals surface area contributed by atoms with Gasteiger partial charge in [-0.3, -0.25) is 4.79 Å². The first-order chi connectivity index (χ1) is 16.3. The summed E-state index contributed by atoms with van der Waals surface area (Å²) in [4.78, 5) is 12.9. The first-order valence-corrected chi connectivity index (χ1v) is 14.2. The molecule has 3 fully saturated rings. The van der Waals surface area contributed by atoms with Gasteiger partial charge in [0.2, 0.25) is 0 Å². The number of carbonyl (C=O) groups is 1. The first-order valence-electron chi connectivity index (χ1n) is 14.2. The van der Waals surface area contributed by atoms with Crippen molar-refractivity contribution >= 4 is 5.97 Å². The van der Waals surface area contributed by atoms with Gasteiger partial charge in [0, 0.05) is 11.0 Å². The summed E-state index contributed by atoms with van der Waals surface area (Å²) in [6.45, 7) is 17.1. The van der Waals surface area contributed by atoms with Gasteiger partial charge < -0.3 is 9.63 Å². The predicted octanol–water partition coefficient (Wildman–Crippen LogP) is 7.43. The van der Waals surface area contributed by atoms with Crippen LogP contribution < -0.4 is 0 Å². The Morgan fingerprint density at radius 3 is 2.49 bits per heavy atom. The Hall–Kier alpha value is -1.58. The highest BCUT2D eigenvalue weighted by atomic mass is 16.5. The SMILES string of the molecule is C[C@H]1[C@H](C)CC[C@]2(C(=O)O)CC[C@]3(C)C(=CCC4[C@@]5(C)Cc6cnoc6C(C)(C)C5CC[C@]43C)[C@H]12. The molecule has 6 rings (SSSR count). The van der Waals surface area contributed by atoms with Crippen LogP contribution in [0.1, 0.15) is 105 Å². The van der Waals surface area contributed by atoms with Crippen LogP contribution in [0.3, 0.4) is 0 Å². The number of hydrogen-bond acceptors (Lipinski definition) is 3. The van der Waals surface area contributed by atoms with Gasteiger partial charge in [0.25, 0.3) is 0 Å².